The van der Waals surface area contributed by atoms with E-state index in [-0.39, 0.29) is 18.1 Å². The summed E-state index contributed by atoms with van der Waals surface area (Å²) in [7, 11) is 0. The lowest BCUT2D eigenvalue weighted by Crippen LogP contribution is -2.43. The second-order valence-corrected chi connectivity index (χ2v) is 6.36. The molecule has 0 heterocycles. The van der Waals surface area contributed by atoms with Crippen molar-refractivity contribution in [3.63, 3.8) is 0 Å². The monoisotopic (exact) mass is 329 g/mol. The predicted molar refractivity (Wildman–Crippen MR) is 78.2 cm³/mol. The fourth-order valence-corrected chi connectivity index (χ4v) is 1.92. The lowest BCUT2D eigenvalue weighted by Gasteiger charge is -2.21. The van der Waals surface area contributed by atoms with E-state index >= 15 is 0 Å². The number of aliphatic hydroxyl groups excluding tert-OH is 1. The third kappa shape index (κ3) is 5.61. The molecule has 1 aromatic rings. The Hall–Kier alpha value is -1.07. The molecule has 1 rings (SSSR count). The van der Waals surface area contributed by atoms with Crippen molar-refractivity contribution in [2.75, 3.05) is 6.61 Å². The minimum Gasteiger partial charge on any atom is -0.483 e. The van der Waals surface area contributed by atoms with Crippen LogP contribution in [0.15, 0.2) is 22.7 Å². The normalized spacial score (nSPS) is 12.9. The molecular formula is C14H20BrNO3. The molecule has 1 unspecified atom stereocenters. The van der Waals surface area contributed by atoms with Crippen molar-refractivity contribution in [1.82, 2.24) is 5.32 Å². The maximum absolute atomic E-state index is 11.7. The lowest BCUT2D eigenvalue weighted by atomic mass is 10.1. The van der Waals surface area contributed by atoms with Crippen LogP contribution in [0, 0.1) is 0 Å². The highest BCUT2D eigenvalue weighted by atomic mass is 79.9. The van der Waals surface area contributed by atoms with Crippen LogP contribution >= 0.6 is 15.9 Å². The van der Waals surface area contributed by atoms with Gasteiger partial charge < -0.3 is 15.2 Å². The zero-order chi connectivity index (χ0) is 14.6. The SMILES string of the molecule is CC(O)c1ccc(Br)cc1OCC(=O)NC(C)(C)C. The summed E-state index contributed by atoms with van der Waals surface area (Å²) in [5.74, 6) is 0.317. The highest BCUT2D eigenvalue weighted by Gasteiger charge is 2.15. The Balaban J connectivity index is 2.72. The van der Waals surface area contributed by atoms with E-state index in [2.05, 4.69) is 21.2 Å². The number of carbonyl (C=O) groups is 1. The summed E-state index contributed by atoms with van der Waals surface area (Å²) in [5.41, 5.74) is 0.372. The highest BCUT2D eigenvalue weighted by Crippen LogP contribution is 2.28. The lowest BCUT2D eigenvalue weighted by molar-refractivity contribution is -0.124. The first-order valence-corrected chi connectivity index (χ1v) is 6.89. The summed E-state index contributed by atoms with van der Waals surface area (Å²) < 4.78 is 6.32. The van der Waals surface area contributed by atoms with Gasteiger partial charge in [0.15, 0.2) is 6.61 Å². The van der Waals surface area contributed by atoms with Gasteiger partial charge in [0.2, 0.25) is 0 Å². The Bertz CT molecular complexity index is 452. The van der Waals surface area contributed by atoms with Crippen LogP contribution in [-0.4, -0.2) is 23.2 Å². The summed E-state index contributed by atoms with van der Waals surface area (Å²) >= 11 is 3.34. The van der Waals surface area contributed by atoms with Gasteiger partial charge in [0.25, 0.3) is 5.91 Å². The number of aliphatic hydroxyl groups is 1. The van der Waals surface area contributed by atoms with Crippen molar-refractivity contribution in [3.05, 3.63) is 28.2 Å². The quantitative estimate of drug-likeness (QED) is 0.892. The van der Waals surface area contributed by atoms with Gasteiger partial charge in [0, 0.05) is 15.6 Å². The molecule has 0 fully saturated rings. The molecule has 19 heavy (non-hydrogen) atoms. The van der Waals surface area contributed by atoms with E-state index < -0.39 is 6.10 Å². The molecule has 0 radical (unpaired) electrons. The number of amides is 1. The summed E-state index contributed by atoms with van der Waals surface area (Å²) in [4.78, 5) is 11.7. The Labute approximate surface area is 122 Å². The van der Waals surface area contributed by atoms with Crippen molar-refractivity contribution < 1.29 is 14.6 Å². The molecule has 0 aromatic heterocycles. The first kappa shape index (κ1) is 16.0. The molecule has 0 spiro atoms. The molecule has 0 aliphatic carbocycles. The largest absolute Gasteiger partial charge is 0.483 e. The van der Waals surface area contributed by atoms with Gasteiger partial charge in [-0.3, -0.25) is 4.79 Å². The average Bonchev–Trinajstić information content (AvgIpc) is 2.23. The minimum absolute atomic E-state index is 0.0759. The predicted octanol–water partition coefficient (Wildman–Crippen LogP) is 2.80. The highest BCUT2D eigenvalue weighted by molar-refractivity contribution is 9.10. The second-order valence-electron chi connectivity index (χ2n) is 5.44. The van der Waals surface area contributed by atoms with Gasteiger partial charge in [0.1, 0.15) is 5.75 Å². The van der Waals surface area contributed by atoms with Crippen LogP contribution in [0.1, 0.15) is 39.4 Å². The fraction of sp³-hybridized carbons (Fsp3) is 0.500. The second kappa shape index (κ2) is 6.39. The molecule has 0 bridgehead atoms. The van der Waals surface area contributed by atoms with Gasteiger partial charge in [-0.2, -0.15) is 0 Å². The summed E-state index contributed by atoms with van der Waals surface area (Å²) in [6.45, 7) is 7.31. The first-order chi connectivity index (χ1) is 8.69. The van der Waals surface area contributed by atoms with Crippen molar-refractivity contribution >= 4 is 21.8 Å². The molecule has 106 valence electrons. The van der Waals surface area contributed by atoms with Crippen LogP contribution in [0.4, 0.5) is 0 Å². The summed E-state index contributed by atoms with van der Waals surface area (Å²) in [5, 5.41) is 12.5. The number of benzene rings is 1. The van der Waals surface area contributed by atoms with Gasteiger partial charge >= 0.3 is 0 Å². The van der Waals surface area contributed by atoms with Crippen molar-refractivity contribution in [1.29, 1.82) is 0 Å². The first-order valence-electron chi connectivity index (χ1n) is 6.10. The van der Waals surface area contributed by atoms with E-state index in [0.29, 0.717) is 11.3 Å². The number of ether oxygens (including phenoxy) is 1. The van der Waals surface area contributed by atoms with Crippen molar-refractivity contribution in [2.45, 2.75) is 39.3 Å². The smallest absolute Gasteiger partial charge is 0.258 e. The van der Waals surface area contributed by atoms with E-state index in [9.17, 15) is 9.90 Å². The van der Waals surface area contributed by atoms with Gasteiger partial charge in [-0.25, -0.2) is 0 Å². The molecule has 1 aromatic carbocycles. The van der Waals surface area contributed by atoms with E-state index in [1.54, 1.807) is 19.1 Å². The average molecular weight is 330 g/mol. The molecule has 2 N–H and O–H groups in total. The van der Waals surface area contributed by atoms with Gasteiger partial charge in [-0.05, 0) is 39.8 Å². The zero-order valence-electron chi connectivity index (χ0n) is 11.7. The van der Waals surface area contributed by atoms with Crippen LogP contribution in [0.3, 0.4) is 0 Å². The molecule has 0 saturated carbocycles. The minimum atomic E-state index is -0.645. The topological polar surface area (TPSA) is 58.6 Å². The van der Waals surface area contributed by atoms with Gasteiger partial charge in [-0.1, -0.05) is 22.0 Å². The Morgan fingerprint density at radius 1 is 1.47 bits per heavy atom. The zero-order valence-corrected chi connectivity index (χ0v) is 13.2. The van der Waals surface area contributed by atoms with Gasteiger partial charge in [-0.15, -0.1) is 0 Å². The van der Waals surface area contributed by atoms with Crippen molar-refractivity contribution in [3.8, 4) is 5.75 Å². The number of carbonyl (C=O) groups excluding carboxylic acids is 1. The number of halogens is 1. The Kier molecular flexibility index (Phi) is 5.38. The molecular weight excluding hydrogens is 310 g/mol. The number of rotatable bonds is 4. The summed E-state index contributed by atoms with van der Waals surface area (Å²) in [6.07, 6.45) is -0.645. The van der Waals surface area contributed by atoms with E-state index in [0.717, 1.165) is 4.47 Å². The third-order valence-electron chi connectivity index (χ3n) is 2.30. The Morgan fingerprint density at radius 3 is 2.63 bits per heavy atom. The van der Waals surface area contributed by atoms with E-state index in [1.807, 2.05) is 26.8 Å². The van der Waals surface area contributed by atoms with Crippen LogP contribution in [-0.2, 0) is 4.79 Å². The number of hydrogen-bond donors (Lipinski definition) is 2. The molecule has 0 aliphatic rings. The van der Waals surface area contributed by atoms with Crippen LogP contribution < -0.4 is 10.1 Å². The molecule has 5 heteroatoms. The fourth-order valence-electron chi connectivity index (χ4n) is 1.58. The molecule has 1 atom stereocenters. The van der Waals surface area contributed by atoms with Crippen LogP contribution in [0.2, 0.25) is 0 Å². The standard InChI is InChI=1S/C14H20BrNO3/c1-9(17)11-6-5-10(15)7-12(11)19-8-13(18)16-14(2,3)4/h5-7,9,17H,8H2,1-4H3,(H,16,18). The third-order valence-corrected chi connectivity index (χ3v) is 2.79. The molecule has 4 nitrogen and oxygen atoms in total. The van der Waals surface area contributed by atoms with Crippen LogP contribution in [0.25, 0.3) is 0 Å². The Morgan fingerprint density at radius 2 is 2.11 bits per heavy atom. The maximum Gasteiger partial charge on any atom is 0.258 e. The molecule has 0 saturated heterocycles. The van der Waals surface area contributed by atoms with E-state index in [4.69, 9.17) is 4.74 Å². The summed E-state index contributed by atoms with van der Waals surface area (Å²) in [6, 6.07) is 5.34. The van der Waals surface area contributed by atoms with E-state index in [1.165, 1.54) is 0 Å². The van der Waals surface area contributed by atoms with Crippen molar-refractivity contribution in [2.24, 2.45) is 0 Å². The number of nitrogens with one attached hydrogen (secondary N) is 1. The number of hydrogen-bond acceptors (Lipinski definition) is 3. The maximum atomic E-state index is 11.7. The molecule has 1 amide bonds. The van der Waals surface area contributed by atoms with Crippen LogP contribution in [0.5, 0.6) is 5.75 Å². The van der Waals surface area contributed by atoms with Gasteiger partial charge in [0.05, 0.1) is 6.10 Å². The molecule has 0 aliphatic heterocycles.